The average molecular weight is 671 g/mol. The predicted octanol–water partition coefficient (Wildman–Crippen LogP) is 4.97. The summed E-state index contributed by atoms with van der Waals surface area (Å²) in [6.07, 6.45) is 1.18. The van der Waals surface area contributed by atoms with Crippen LogP contribution in [0.5, 0.6) is 0 Å². The maximum absolute atomic E-state index is 7.50. The van der Waals surface area contributed by atoms with Crippen LogP contribution in [0, 0.1) is 44.7 Å². The standard InChI is InChI=1S/C18H21O2P.C6H12Si.5CO.2Co/c1-18(2)19-13-15(20-18)14-21(16-9-5-3-6-10-16)17-11-7-4-8-12-17;1-5-6-7(2,3)4;5*1-2;;/h3-12,15H,13-14H2,1-2H3;1-4H3;;;;;;;/t15-;;;;;;;;/m1......../s1. The van der Waals surface area contributed by atoms with E-state index >= 15 is 0 Å². The SMILES string of the molecule is CC#C[Si](C)(C)C.CC1(C)OC[C@H](CP(c2ccccc2)c2ccccc2)O1.[C-]#[O+].[C-]#[O+].[C-]#[O+].[C-]#[O+].[C-]#[O+].[Co].[Co]. The maximum atomic E-state index is 7.50. The van der Waals surface area contributed by atoms with Crippen molar-refractivity contribution in [3.63, 3.8) is 0 Å². The quantitative estimate of drug-likeness (QED) is 0.150. The number of ether oxygens (including phenoxy) is 2. The fourth-order valence-corrected chi connectivity index (χ4v) is 6.13. The van der Waals surface area contributed by atoms with E-state index in [0.717, 1.165) is 6.16 Å². The van der Waals surface area contributed by atoms with E-state index in [9.17, 15) is 0 Å². The summed E-state index contributed by atoms with van der Waals surface area (Å²) in [5.74, 6) is 2.47. The van der Waals surface area contributed by atoms with Gasteiger partial charge in [0.05, 0.1) is 12.7 Å². The third kappa shape index (κ3) is 26.5. The van der Waals surface area contributed by atoms with Gasteiger partial charge < -0.3 is 9.47 Å². The van der Waals surface area contributed by atoms with Crippen molar-refractivity contribution < 1.29 is 66.3 Å². The summed E-state index contributed by atoms with van der Waals surface area (Å²) in [4.78, 5) is 0. The van der Waals surface area contributed by atoms with Crippen LogP contribution in [-0.2, 0) is 66.3 Å². The van der Waals surface area contributed by atoms with Gasteiger partial charge in [-0.05, 0) is 39.3 Å². The minimum absolute atomic E-state index is 0. The van der Waals surface area contributed by atoms with Gasteiger partial charge in [0, 0.05) is 39.7 Å². The van der Waals surface area contributed by atoms with Crippen molar-refractivity contribution in [2.24, 2.45) is 0 Å². The van der Waals surface area contributed by atoms with Crippen LogP contribution in [-0.4, -0.2) is 32.7 Å². The molecule has 0 bridgehead atoms. The molecule has 0 aliphatic carbocycles. The van der Waals surface area contributed by atoms with Gasteiger partial charge in [0.1, 0.15) is 8.07 Å². The van der Waals surface area contributed by atoms with Gasteiger partial charge in [0.15, 0.2) is 5.79 Å². The van der Waals surface area contributed by atoms with Crippen molar-refractivity contribution >= 4 is 26.6 Å². The molecule has 40 heavy (non-hydrogen) atoms. The summed E-state index contributed by atoms with van der Waals surface area (Å²) in [6.45, 7) is 35.8. The second-order valence-corrected chi connectivity index (χ2v) is 15.4. The fourth-order valence-electron chi connectivity index (χ4n) is 3.01. The molecule has 11 heteroatoms. The molecule has 7 nitrogen and oxygen atoms in total. The van der Waals surface area contributed by atoms with E-state index < -0.39 is 21.8 Å². The molecule has 2 aromatic rings. The molecule has 1 atom stereocenters. The number of hydrogen-bond acceptors (Lipinski definition) is 2. The van der Waals surface area contributed by atoms with E-state index in [2.05, 4.69) is 125 Å². The summed E-state index contributed by atoms with van der Waals surface area (Å²) >= 11 is 0. The molecule has 0 saturated carbocycles. The third-order valence-corrected chi connectivity index (χ3v) is 7.70. The van der Waals surface area contributed by atoms with E-state index in [1.54, 1.807) is 0 Å². The Morgan fingerprint density at radius 1 is 0.775 bits per heavy atom. The Kier molecular flexibility index (Phi) is 42.7. The minimum Gasteiger partial charge on any atom is 0 e. The summed E-state index contributed by atoms with van der Waals surface area (Å²) in [5, 5.41) is 2.79. The Bertz CT molecular complexity index is 933. The van der Waals surface area contributed by atoms with Crippen molar-refractivity contribution in [1.82, 2.24) is 0 Å². The van der Waals surface area contributed by atoms with Crippen LogP contribution < -0.4 is 10.6 Å². The average Bonchev–Trinajstić information content (AvgIpc) is 3.31. The topological polar surface area (TPSA) is 118 Å². The zero-order valence-electron chi connectivity index (χ0n) is 23.2. The van der Waals surface area contributed by atoms with Crippen LogP contribution >= 0.6 is 7.92 Å². The fraction of sp³-hybridized carbons (Fsp3) is 0.345. The van der Waals surface area contributed by atoms with Crippen molar-refractivity contribution in [2.45, 2.75) is 52.3 Å². The number of rotatable bonds is 4. The van der Waals surface area contributed by atoms with Crippen molar-refractivity contribution in [3.05, 3.63) is 93.9 Å². The van der Waals surface area contributed by atoms with Crippen molar-refractivity contribution in [1.29, 1.82) is 0 Å². The molecule has 1 heterocycles. The monoisotopic (exact) mass is 670 g/mol. The van der Waals surface area contributed by atoms with Crippen LogP contribution in [0.1, 0.15) is 20.8 Å². The van der Waals surface area contributed by atoms with Crippen LogP contribution in [0.2, 0.25) is 19.6 Å². The summed E-state index contributed by atoms with van der Waals surface area (Å²) in [5.41, 5.74) is 3.17. The predicted molar refractivity (Wildman–Crippen MR) is 145 cm³/mol. The Balaban J connectivity index is -0.000000130. The Morgan fingerprint density at radius 3 is 1.35 bits per heavy atom. The molecule has 1 aliphatic heterocycles. The van der Waals surface area contributed by atoms with E-state index in [0.29, 0.717) is 6.61 Å². The Labute approximate surface area is 262 Å². The molecule has 0 unspecified atom stereocenters. The number of benzene rings is 2. The summed E-state index contributed by atoms with van der Waals surface area (Å²) in [6, 6.07) is 21.5. The molecule has 1 aliphatic rings. The molecule has 0 spiro atoms. The van der Waals surface area contributed by atoms with Gasteiger partial charge in [0.25, 0.3) is 0 Å². The van der Waals surface area contributed by atoms with Crippen molar-refractivity contribution in [2.75, 3.05) is 12.8 Å². The van der Waals surface area contributed by atoms with Crippen LogP contribution in [0.3, 0.4) is 0 Å². The zero-order chi connectivity index (χ0) is 30.6. The smallest absolute Gasteiger partial charge is 0 e. The minimum atomic E-state index is -1.02. The summed E-state index contributed by atoms with van der Waals surface area (Å²) in [7, 11) is -1.43. The Morgan fingerprint density at radius 2 is 1.12 bits per heavy atom. The summed E-state index contributed by atoms with van der Waals surface area (Å²) < 4.78 is 49.2. The van der Waals surface area contributed by atoms with Gasteiger partial charge in [-0.1, -0.05) is 80.3 Å². The van der Waals surface area contributed by atoms with E-state index in [1.165, 1.54) is 10.6 Å². The molecule has 0 N–H and O–H groups in total. The third-order valence-electron chi connectivity index (χ3n) is 4.09. The van der Waals surface area contributed by atoms with E-state index in [-0.39, 0.29) is 39.7 Å². The van der Waals surface area contributed by atoms with Crippen LogP contribution in [0.25, 0.3) is 0 Å². The van der Waals surface area contributed by atoms with Crippen molar-refractivity contribution in [3.8, 4) is 11.5 Å². The second kappa shape index (κ2) is 33.5. The van der Waals surface area contributed by atoms with Crippen LogP contribution in [0.4, 0.5) is 0 Å². The molecular formula is C29H33Co2O7PSi. The Hall–Kier alpha value is -1.72. The first-order valence-corrected chi connectivity index (χ1v) is 15.9. The second-order valence-electron chi connectivity index (χ2n) is 8.36. The molecule has 2 radical (unpaired) electrons. The largest absolute Gasteiger partial charge is 0 e. The van der Waals surface area contributed by atoms with Gasteiger partial charge in [-0.15, -0.1) is 11.5 Å². The van der Waals surface area contributed by atoms with Gasteiger partial charge in [-0.3, -0.25) is 0 Å². The molecule has 1 saturated heterocycles. The van der Waals surface area contributed by atoms with Gasteiger partial charge in [0.2, 0.25) is 0 Å². The van der Waals surface area contributed by atoms with Crippen LogP contribution in [0.15, 0.2) is 60.7 Å². The normalized spacial score (nSPS) is 12.9. The molecular weight excluding hydrogens is 637 g/mol. The molecule has 218 valence electrons. The first kappa shape index (κ1) is 51.1. The molecule has 0 aromatic heterocycles. The first-order chi connectivity index (χ1) is 18.2. The van der Waals surface area contributed by atoms with Gasteiger partial charge in [-0.2, -0.15) is 0 Å². The molecule has 0 amide bonds. The maximum Gasteiger partial charge on any atom is 0 e. The number of hydrogen-bond donors (Lipinski definition) is 0. The molecule has 2 aromatic carbocycles. The van der Waals surface area contributed by atoms with Gasteiger partial charge >= 0.3 is 56.5 Å². The molecule has 1 fully saturated rings. The van der Waals surface area contributed by atoms with Gasteiger partial charge in [-0.25, -0.2) is 0 Å². The molecule has 3 rings (SSSR count). The van der Waals surface area contributed by atoms with E-state index in [4.69, 9.17) is 32.7 Å². The van der Waals surface area contributed by atoms with E-state index in [1.807, 2.05) is 20.8 Å². The zero-order valence-corrected chi connectivity index (χ0v) is 27.2. The first-order valence-electron chi connectivity index (χ1n) is 10.9.